The summed E-state index contributed by atoms with van der Waals surface area (Å²) in [4.78, 5) is 5.60. The van der Waals surface area contributed by atoms with E-state index in [1.54, 1.807) is 11.3 Å². The second-order valence-electron chi connectivity index (χ2n) is 3.75. The predicted octanol–water partition coefficient (Wildman–Crippen LogP) is 3.57. The van der Waals surface area contributed by atoms with Gasteiger partial charge in [0.15, 0.2) is 0 Å². The molecule has 0 bridgehead atoms. The van der Waals surface area contributed by atoms with E-state index in [2.05, 4.69) is 29.2 Å². The molecule has 1 unspecified atom stereocenters. The third kappa shape index (κ3) is 1.48. The molecule has 0 fully saturated rings. The third-order valence-electron chi connectivity index (χ3n) is 2.86. The van der Waals surface area contributed by atoms with Crippen LogP contribution in [0.25, 0.3) is 0 Å². The summed E-state index contributed by atoms with van der Waals surface area (Å²) in [6, 6.07) is 8.59. The summed E-state index contributed by atoms with van der Waals surface area (Å²) in [5, 5.41) is 1.21. The number of hydrogen-bond acceptors (Lipinski definition) is 2. The van der Waals surface area contributed by atoms with E-state index in [0.717, 1.165) is 11.3 Å². The minimum absolute atomic E-state index is 0.517. The van der Waals surface area contributed by atoms with Crippen LogP contribution >= 0.6 is 22.9 Å². The van der Waals surface area contributed by atoms with Gasteiger partial charge in [0.2, 0.25) is 0 Å². The Morgan fingerprint density at radius 3 is 3.00 bits per heavy atom. The molecule has 3 rings (SSSR count). The van der Waals surface area contributed by atoms with E-state index in [9.17, 15) is 0 Å². The van der Waals surface area contributed by atoms with Crippen molar-refractivity contribution in [3.8, 4) is 0 Å². The third-order valence-corrected chi connectivity index (χ3v) is 4.41. The normalized spacial score (nSPS) is 18.3. The molecular weight excluding hydrogens is 226 g/mol. The van der Waals surface area contributed by atoms with Crippen molar-refractivity contribution >= 4 is 22.9 Å². The van der Waals surface area contributed by atoms with E-state index in [1.807, 2.05) is 6.20 Å². The molecule has 1 aromatic carbocycles. The van der Waals surface area contributed by atoms with E-state index < -0.39 is 0 Å². The molecule has 1 nitrogen and oxygen atoms in total. The number of halogens is 1. The number of thiazole rings is 1. The number of fused-ring (bicyclic) bond motifs is 1. The van der Waals surface area contributed by atoms with Crippen LogP contribution in [-0.4, -0.2) is 4.98 Å². The van der Waals surface area contributed by atoms with Gasteiger partial charge in [0.25, 0.3) is 0 Å². The molecule has 1 aromatic heterocycles. The number of benzene rings is 1. The Bertz CT molecular complexity index is 492. The number of aromatic nitrogens is 1. The topological polar surface area (TPSA) is 12.9 Å². The van der Waals surface area contributed by atoms with E-state index in [-0.39, 0.29) is 0 Å². The Morgan fingerprint density at radius 2 is 2.27 bits per heavy atom. The molecular formula is C12H10ClNS. The molecule has 0 radical (unpaired) electrons. The molecule has 0 saturated heterocycles. The molecule has 0 aliphatic heterocycles. The first-order valence-electron chi connectivity index (χ1n) is 4.97. The Labute approximate surface area is 97.7 Å². The number of nitrogens with zero attached hydrogens (tertiary/aromatic N) is 1. The average molecular weight is 236 g/mol. The van der Waals surface area contributed by atoms with Crippen molar-refractivity contribution in [2.75, 3.05) is 0 Å². The molecule has 2 aromatic rings. The van der Waals surface area contributed by atoms with Crippen LogP contribution in [0.15, 0.2) is 30.5 Å². The first-order chi connectivity index (χ1) is 7.38. The van der Waals surface area contributed by atoms with E-state index in [4.69, 9.17) is 11.6 Å². The monoisotopic (exact) mass is 235 g/mol. The molecule has 76 valence electrons. The molecule has 0 saturated carbocycles. The highest BCUT2D eigenvalue weighted by molar-refractivity contribution is 7.11. The fourth-order valence-corrected chi connectivity index (χ4v) is 3.14. The van der Waals surface area contributed by atoms with Crippen molar-refractivity contribution < 1.29 is 0 Å². The second kappa shape index (κ2) is 3.62. The molecule has 0 N–H and O–H groups in total. The quantitative estimate of drug-likeness (QED) is 0.726. The Morgan fingerprint density at radius 1 is 1.40 bits per heavy atom. The van der Waals surface area contributed by atoms with E-state index in [0.29, 0.717) is 11.8 Å². The van der Waals surface area contributed by atoms with Gasteiger partial charge in [0, 0.05) is 17.0 Å². The molecule has 1 atom stereocenters. The fraction of sp³-hybridized carbons (Fsp3) is 0.250. The van der Waals surface area contributed by atoms with Gasteiger partial charge < -0.3 is 0 Å². The van der Waals surface area contributed by atoms with Crippen molar-refractivity contribution in [3.05, 3.63) is 51.5 Å². The molecule has 1 heterocycles. The van der Waals surface area contributed by atoms with Gasteiger partial charge in [0.1, 0.15) is 5.01 Å². The van der Waals surface area contributed by atoms with Crippen LogP contribution in [-0.2, 0) is 12.3 Å². The second-order valence-corrected chi connectivity index (χ2v) is 5.17. The van der Waals surface area contributed by atoms with Crippen LogP contribution in [0.1, 0.15) is 26.9 Å². The van der Waals surface area contributed by atoms with Gasteiger partial charge in [-0.15, -0.1) is 22.9 Å². The molecule has 0 amide bonds. The summed E-state index contributed by atoms with van der Waals surface area (Å²) in [6.45, 7) is 0. The summed E-state index contributed by atoms with van der Waals surface area (Å²) in [5.74, 6) is 1.09. The standard InChI is InChI=1S/C12H10ClNS/c13-6-9-7-14-12(15-9)11-5-8-3-1-2-4-10(8)11/h1-4,7,11H,5-6H2. The fourth-order valence-electron chi connectivity index (χ4n) is 2.02. The summed E-state index contributed by atoms with van der Waals surface area (Å²) in [7, 11) is 0. The van der Waals surface area contributed by atoms with Crippen molar-refractivity contribution in [1.29, 1.82) is 0 Å². The minimum Gasteiger partial charge on any atom is -0.249 e. The van der Waals surface area contributed by atoms with Gasteiger partial charge in [-0.3, -0.25) is 0 Å². The highest BCUT2D eigenvalue weighted by Crippen LogP contribution is 2.41. The van der Waals surface area contributed by atoms with Crippen LogP contribution in [0.4, 0.5) is 0 Å². The summed E-state index contributed by atoms with van der Waals surface area (Å²) in [5.41, 5.74) is 2.90. The van der Waals surface area contributed by atoms with Gasteiger partial charge in [0.05, 0.1) is 5.88 Å². The van der Waals surface area contributed by atoms with Gasteiger partial charge in [-0.1, -0.05) is 24.3 Å². The molecule has 3 heteroatoms. The van der Waals surface area contributed by atoms with E-state index in [1.165, 1.54) is 16.1 Å². The Balaban J connectivity index is 1.93. The van der Waals surface area contributed by atoms with Crippen LogP contribution < -0.4 is 0 Å². The molecule has 0 spiro atoms. The lowest BCUT2D eigenvalue weighted by Gasteiger charge is -2.28. The lowest BCUT2D eigenvalue weighted by atomic mass is 9.78. The van der Waals surface area contributed by atoms with Crippen molar-refractivity contribution in [3.63, 3.8) is 0 Å². The first kappa shape index (κ1) is 9.37. The maximum absolute atomic E-state index is 5.78. The highest BCUT2D eigenvalue weighted by Gasteiger charge is 2.29. The molecule has 1 aliphatic rings. The molecule has 15 heavy (non-hydrogen) atoms. The maximum atomic E-state index is 5.78. The number of hydrogen-bond donors (Lipinski definition) is 0. The number of alkyl halides is 1. The lowest BCUT2D eigenvalue weighted by Crippen LogP contribution is -2.17. The highest BCUT2D eigenvalue weighted by atomic mass is 35.5. The SMILES string of the molecule is ClCc1cnc(C2Cc3ccccc32)s1. The van der Waals surface area contributed by atoms with Gasteiger partial charge in [-0.2, -0.15) is 0 Å². The van der Waals surface area contributed by atoms with Crippen molar-refractivity contribution in [1.82, 2.24) is 4.98 Å². The lowest BCUT2D eigenvalue weighted by molar-refractivity contribution is 0.702. The van der Waals surface area contributed by atoms with Crippen LogP contribution in [0, 0.1) is 0 Å². The number of rotatable bonds is 2. The van der Waals surface area contributed by atoms with E-state index >= 15 is 0 Å². The minimum atomic E-state index is 0.517. The largest absolute Gasteiger partial charge is 0.249 e. The predicted molar refractivity (Wildman–Crippen MR) is 63.7 cm³/mol. The van der Waals surface area contributed by atoms with Crippen molar-refractivity contribution in [2.45, 2.75) is 18.2 Å². The van der Waals surface area contributed by atoms with Gasteiger partial charge >= 0.3 is 0 Å². The van der Waals surface area contributed by atoms with Crippen molar-refractivity contribution in [2.24, 2.45) is 0 Å². The smallest absolute Gasteiger partial charge is 0.101 e. The summed E-state index contributed by atoms with van der Waals surface area (Å²) >= 11 is 7.51. The van der Waals surface area contributed by atoms with Crippen LogP contribution in [0.3, 0.4) is 0 Å². The summed E-state index contributed by atoms with van der Waals surface area (Å²) < 4.78 is 0. The van der Waals surface area contributed by atoms with Crippen LogP contribution in [0.5, 0.6) is 0 Å². The summed E-state index contributed by atoms with van der Waals surface area (Å²) in [6.07, 6.45) is 3.03. The average Bonchev–Trinajstić information content (AvgIpc) is 2.68. The maximum Gasteiger partial charge on any atom is 0.101 e. The van der Waals surface area contributed by atoms with Gasteiger partial charge in [-0.25, -0.2) is 4.98 Å². The zero-order valence-corrected chi connectivity index (χ0v) is 9.68. The van der Waals surface area contributed by atoms with Crippen LogP contribution in [0.2, 0.25) is 0 Å². The zero-order chi connectivity index (χ0) is 10.3. The Hall–Kier alpha value is -0.860. The van der Waals surface area contributed by atoms with Gasteiger partial charge in [-0.05, 0) is 17.5 Å². The Kier molecular flexibility index (Phi) is 2.26. The zero-order valence-electron chi connectivity index (χ0n) is 8.11. The first-order valence-corrected chi connectivity index (χ1v) is 6.32. The molecule has 1 aliphatic carbocycles.